The summed E-state index contributed by atoms with van der Waals surface area (Å²) in [5, 5.41) is 3.47. The number of nitrogens with one attached hydrogen (secondary N) is 1. The Hall–Kier alpha value is -3.00. The molecular formula is C24H28FN5O2. The molecule has 1 aliphatic carbocycles. The summed E-state index contributed by atoms with van der Waals surface area (Å²) < 4.78 is 22.3. The van der Waals surface area contributed by atoms with Gasteiger partial charge in [-0.2, -0.15) is 0 Å². The van der Waals surface area contributed by atoms with Gasteiger partial charge in [0.1, 0.15) is 5.82 Å². The number of rotatable bonds is 5. The standard InChI is InChI=1S/C24H28FN5O2/c1-16-2-6-18(7-3-16)27-23-26-12-10-21(28-23)22-14-29(20-11-13-32-15-20)24(31)30(22)19-8-4-17(25)5-9-19/h4-5,8-10,12,14,16,18,20H,2-3,6-7,11,13,15H2,1H3,(H,26,27,28)/t16-,18-,20?. The molecule has 3 aromatic rings. The van der Waals surface area contributed by atoms with E-state index in [9.17, 15) is 9.18 Å². The molecule has 2 fully saturated rings. The van der Waals surface area contributed by atoms with Crippen molar-refractivity contribution in [2.45, 2.75) is 51.1 Å². The van der Waals surface area contributed by atoms with E-state index in [4.69, 9.17) is 9.72 Å². The SMILES string of the molecule is C[C@H]1CC[C@H](Nc2nccc(-c3cn(C4CCOC4)c(=O)n3-c3ccc(F)cc3)n2)CC1. The molecule has 2 aromatic heterocycles. The van der Waals surface area contributed by atoms with Gasteiger partial charge in [0.05, 0.1) is 29.7 Å². The van der Waals surface area contributed by atoms with E-state index < -0.39 is 0 Å². The molecule has 32 heavy (non-hydrogen) atoms. The lowest BCUT2D eigenvalue weighted by atomic mass is 9.87. The van der Waals surface area contributed by atoms with E-state index >= 15 is 0 Å². The lowest BCUT2D eigenvalue weighted by molar-refractivity contribution is 0.186. The Kier molecular flexibility index (Phi) is 5.78. The first-order valence-electron chi connectivity index (χ1n) is 11.4. The molecule has 0 bridgehead atoms. The summed E-state index contributed by atoms with van der Waals surface area (Å²) in [6.07, 6.45) is 8.94. The lowest BCUT2D eigenvalue weighted by Crippen LogP contribution is -2.27. The predicted molar refractivity (Wildman–Crippen MR) is 121 cm³/mol. The fourth-order valence-corrected chi connectivity index (χ4v) is 4.64. The van der Waals surface area contributed by atoms with Gasteiger partial charge >= 0.3 is 5.69 Å². The van der Waals surface area contributed by atoms with E-state index in [1.807, 2.05) is 6.20 Å². The van der Waals surface area contributed by atoms with Gasteiger partial charge in [-0.15, -0.1) is 0 Å². The third-order valence-electron chi connectivity index (χ3n) is 6.57. The van der Waals surface area contributed by atoms with Gasteiger partial charge in [0.2, 0.25) is 5.95 Å². The van der Waals surface area contributed by atoms with E-state index in [2.05, 4.69) is 17.2 Å². The van der Waals surface area contributed by atoms with E-state index in [0.717, 1.165) is 25.2 Å². The Balaban J connectivity index is 1.53. The molecule has 1 atom stereocenters. The molecule has 1 aromatic carbocycles. The Morgan fingerprint density at radius 2 is 1.88 bits per heavy atom. The molecule has 0 amide bonds. The van der Waals surface area contributed by atoms with Crippen molar-refractivity contribution in [1.29, 1.82) is 0 Å². The Morgan fingerprint density at radius 3 is 2.59 bits per heavy atom. The zero-order chi connectivity index (χ0) is 22.1. The molecule has 1 aliphatic heterocycles. The molecule has 0 spiro atoms. The quantitative estimate of drug-likeness (QED) is 0.648. The van der Waals surface area contributed by atoms with Crippen molar-refractivity contribution in [3.05, 3.63) is 59.0 Å². The average molecular weight is 438 g/mol. The maximum absolute atomic E-state index is 13.5. The van der Waals surface area contributed by atoms with Gasteiger partial charge < -0.3 is 10.1 Å². The first-order valence-corrected chi connectivity index (χ1v) is 11.4. The molecule has 1 unspecified atom stereocenters. The van der Waals surface area contributed by atoms with Crippen LogP contribution in [-0.4, -0.2) is 38.4 Å². The number of hydrogen-bond acceptors (Lipinski definition) is 5. The van der Waals surface area contributed by atoms with Gasteiger partial charge in [-0.05, 0) is 68.4 Å². The highest BCUT2D eigenvalue weighted by atomic mass is 19.1. The van der Waals surface area contributed by atoms with Crippen molar-refractivity contribution in [1.82, 2.24) is 19.1 Å². The van der Waals surface area contributed by atoms with Crippen LogP contribution in [0.5, 0.6) is 0 Å². The van der Waals surface area contributed by atoms with Gasteiger partial charge in [-0.1, -0.05) is 6.92 Å². The van der Waals surface area contributed by atoms with Crippen LogP contribution in [0.2, 0.25) is 0 Å². The summed E-state index contributed by atoms with van der Waals surface area (Å²) >= 11 is 0. The second-order valence-corrected chi connectivity index (χ2v) is 8.90. The van der Waals surface area contributed by atoms with Crippen LogP contribution in [0, 0.1) is 11.7 Å². The third kappa shape index (κ3) is 4.19. The van der Waals surface area contributed by atoms with Crippen LogP contribution in [0.25, 0.3) is 17.1 Å². The summed E-state index contributed by atoms with van der Waals surface area (Å²) in [6.45, 7) is 3.43. The summed E-state index contributed by atoms with van der Waals surface area (Å²) in [7, 11) is 0. The monoisotopic (exact) mass is 437 g/mol. The van der Waals surface area contributed by atoms with Gasteiger partial charge in [0, 0.05) is 25.0 Å². The highest BCUT2D eigenvalue weighted by Crippen LogP contribution is 2.27. The van der Waals surface area contributed by atoms with Crippen LogP contribution in [-0.2, 0) is 4.74 Å². The highest BCUT2D eigenvalue weighted by Gasteiger charge is 2.25. The minimum atomic E-state index is -0.345. The third-order valence-corrected chi connectivity index (χ3v) is 6.57. The first kappa shape index (κ1) is 20.9. The number of ether oxygens (including phenoxy) is 1. The van der Waals surface area contributed by atoms with Gasteiger partial charge in [-0.3, -0.25) is 9.13 Å². The molecule has 7 nitrogen and oxygen atoms in total. The first-order chi connectivity index (χ1) is 15.6. The molecule has 0 radical (unpaired) electrons. The highest BCUT2D eigenvalue weighted by molar-refractivity contribution is 5.59. The maximum Gasteiger partial charge on any atom is 0.333 e. The zero-order valence-corrected chi connectivity index (χ0v) is 18.2. The Morgan fingerprint density at radius 1 is 1.09 bits per heavy atom. The molecular weight excluding hydrogens is 409 g/mol. The van der Waals surface area contributed by atoms with E-state index in [1.54, 1.807) is 33.5 Å². The van der Waals surface area contributed by atoms with Crippen LogP contribution in [0.1, 0.15) is 45.1 Å². The largest absolute Gasteiger partial charge is 0.379 e. The predicted octanol–water partition coefficient (Wildman–Crippen LogP) is 4.19. The van der Waals surface area contributed by atoms with Crippen LogP contribution in [0.15, 0.2) is 47.5 Å². The number of halogens is 1. The maximum atomic E-state index is 13.5. The average Bonchev–Trinajstić information content (AvgIpc) is 3.44. The van der Waals surface area contributed by atoms with E-state index in [0.29, 0.717) is 42.3 Å². The molecule has 1 saturated heterocycles. The topological polar surface area (TPSA) is 74.0 Å². The van der Waals surface area contributed by atoms with Crippen molar-refractivity contribution >= 4 is 5.95 Å². The number of benzene rings is 1. The molecule has 3 heterocycles. The van der Waals surface area contributed by atoms with Crippen LogP contribution < -0.4 is 11.0 Å². The van der Waals surface area contributed by atoms with Gasteiger partial charge in [-0.25, -0.2) is 19.2 Å². The summed E-state index contributed by atoms with van der Waals surface area (Å²) in [4.78, 5) is 22.5. The molecule has 5 rings (SSSR count). The minimum absolute atomic E-state index is 0.0217. The smallest absolute Gasteiger partial charge is 0.333 e. The van der Waals surface area contributed by atoms with E-state index in [-0.39, 0.29) is 17.5 Å². The molecule has 2 aliphatic rings. The molecule has 8 heteroatoms. The summed E-state index contributed by atoms with van der Waals surface area (Å²) in [5.41, 5.74) is 1.71. The van der Waals surface area contributed by atoms with Gasteiger partial charge in [0.25, 0.3) is 0 Å². The van der Waals surface area contributed by atoms with Crippen LogP contribution >= 0.6 is 0 Å². The van der Waals surface area contributed by atoms with Crippen molar-refractivity contribution in [3.63, 3.8) is 0 Å². The lowest BCUT2D eigenvalue weighted by Gasteiger charge is -2.26. The van der Waals surface area contributed by atoms with Gasteiger partial charge in [0.15, 0.2) is 0 Å². The minimum Gasteiger partial charge on any atom is -0.379 e. The Bertz CT molecular complexity index is 1130. The number of imidazole rings is 1. The van der Waals surface area contributed by atoms with Crippen molar-refractivity contribution in [2.24, 2.45) is 5.92 Å². The van der Waals surface area contributed by atoms with Crippen molar-refractivity contribution < 1.29 is 9.13 Å². The molecule has 168 valence electrons. The normalized spacial score (nSPS) is 23.4. The Labute approximate surface area is 186 Å². The second kappa shape index (κ2) is 8.86. The number of nitrogens with zero attached hydrogens (tertiary/aromatic N) is 4. The number of anilines is 1. The van der Waals surface area contributed by atoms with Crippen LogP contribution in [0.4, 0.5) is 10.3 Å². The zero-order valence-electron chi connectivity index (χ0n) is 18.2. The van der Waals surface area contributed by atoms with Crippen molar-refractivity contribution in [3.8, 4) is 17.1 Å². The number of aromatic nitrogens is 4. The molecule has 1 N–H and O–H groups in total. The fraction of sp³-hybridized carbons (Fsp3) is 0.458. The summed E-state index contributed by atoms with van der Waals surface area (Å²) in [5.74, 6) is 0.990. The second-order valence-electron chi connectivity index (χ2n) is 8.90. The van der Waals surface area contributed by atoms with Crippen LogP contribution in [0.3, 0.4) is 0 Å². The van der Waals surface area contributed by atoms with E-state index in [1.165, 1.54) is 25.0 Å². The summed E-state index contributed by atoms with van der Waals surface area (Å²) in [6, 6.07) is 8.08. The molecule has 1 saturated carbocycles. The van der Waals surface area contributed by atoms with Crippen molar-refractivity contribution in [2.75, 3.05) is 18.5 Å². The fourth-order valence-electron chi connectivity index (χ4n) is 4.64. The number of hydrogen-bond donors (Lipinski definition) is 1.